The smallest absolute Gasteiger partial charge is 0.416 e. The summed E-state index contributed by atoms with van der Waals surface area (Å²) in [5.41, 5.74) is 4.76. The minimum Gasteiger partial charge on any atom is -0.444 e. The zero-order valence-electron chi connectivity index (χ0n) is 27.3. The van der Waals surface area contributed by atoms with Gasteiger partial charge in [-0.25, -0.2) is 4.79 Å². The first-order chi connectivity index (χ1) is 23.7. The van der Waals surface area contributed by atoms with Gasteiger partial charge in [0, 0.05) is 13.1 Å². The molecule has 3 aromatic rings. The molecule has 2 fully saturated rings. The van der Waals surface area contributed by atoms with Crippen molar-refractivity contribution in [3.8, 4) is 0 Å². The highest BCUT2D eigenvalue weighted by Crippen LogP contribution is 2.37. The molecule has 2 N–H and O–H groups in total. The Morgan fingerprint density at radius 1 is 0.820 bits per heavy atom. The molecule has 268 valence electrons. The van der Waals surface area contributed by atoms with E-state index in [0.717, 1.165) is 16.7 Å². The number of benzene rings is 3. The first kappa shape index (κ1) is 36.7. The van der Waals surface area contributed by atoms with E-state index in [4.69, 9.17) is 10.5 Å². The molecule has 50 heavy (non-hydrogen) atoms. The van der Waals surface area contributed by atoms with Crippen LogP contribution in [0.1, 0.15) is 52.6 Å². The Morgan fingerprint density at radius 2 is 1.46 bits per heavy atom. The number of fused-ring (bicyclic) bond motifs is 1. The van der Waals surface area contributed by atoms with Gasteiger partial charge in [0.25, 0.3) is 0 Å². The number of carbonyl (C=O) groups is 3. The lowest BCUT2D eigenvalue weighted by Crippen LogP contribution is -2.73. The molecule has 0 saturated carbocycles. The van der Waals surface area contributed by atoms with Crippen LogP contribution >= 0.6 is 0 Å². The molecular formula is C36H38F6N4O4. The molecule has 0 spiro atoms. The average molecular weight is 705 g/mol. The van der Waals surface area contributed by atoms with Crippen LogP contribution < -0.4 is 5.73 Å². The van der Waals surface area contributed by atoms with E-state index in [1.54, 1.807) is 4.90 Å². The molecular weight excluding hydrogens is 666 g/mol. The van der Waals surface area contributed by atoms with Crippen molar-refractivity contribution in [3.05, 3.63) is 106 Å². The lowest BCUT2D eigenvalue weighted by atomic mass is 9.90. The molecule has 5 rings (SSSR count). The summed E-state index contributed by atoms with van der Waals surface area (Å²) in [6, 6.07) is 16.7. The van der Waals surface area contributed by atoms with E-state index in [-0.39, 0.29) is 50.4 Å². The number of unbranched alkanes of at least 4 members (excludes halogenated alkanes) is 1. The van der Waals surface area contributed by atoms with Crippen molar-refractivity contribution in [2.45, 2.75) is 70.3 Å². The summed E-state index contributed by atoms with van der Waals surface area (Å²) >= 11 is 0. The maximum absolute atomic E-state index is 14.2. The molecule has 0 aromatic heterocycles. The first-order valence-electron chi connectivity index (χ1n) is 16.3. The summed E-state index contributed by atoms with van der Waals surface area (Å²) in [6.45, 7) is 1.34. The van der Waals surface area contributed by atoms with Crippen molar-refractivity contribution in [1.82, 2.24) is 14.7 Å². The molecule has 8 nitrogen and oxygen atoms in total. The highest BCUT2D eigenvalue weighted by molar-refractivity contribution is 5.91. The predicted molar refractivity (Wildman–Crippen MR) is 171 cm³/mol. The highest BCUT2D eigenvalue weighted by atomic mass is 19.4. The van der Waals surface area contributed by atoms with Crippen LogP contribution in [0, 0.1) is 12.8 Å². The fraction of sp³-hybridized carbons (Fsp3) is 0.417. The zero-order valence-corrected chi connectivity index (χ0v) is 27.3. The van der Waals surface area contributed by atoms with Crippen molar-refractivity contribution >= 4 is 17.9 Å². The monoisotopic (exact) mass is 704 g/mol. The van der Waals surface area contributed by atoms with Gasteiger partial charge in [0.2, 0.25) is 11.8 Å². The largest absolute Gasteiger partial charge is 0.444 e. The second-order valence-electron chi connectivity index (χ2n) is 12.7. The molecule has 0 bridgehead atoms. The molecule has 14 heteroatoms. The van der Waals surface area contributed by atoms with E-state index in [0.29, 0.717) is 31.5 Å². The predicted octanol–water partition coefficient (Wildman–Crippen LogP) is 6.54. The Bertz CT molecular complexity index is 1630. The van der Waals surface area contributed by atoms with Crippen LogP contribution in [0.2, 0.25) is 0 Å². The van der Waals surface area contributed by atoms with Gasteiger partial charge in [-0.15, -0.1) is 0 Å². The maximum Gasteiger partial charge on any atom is 0.416 e. The number of alkyl halides is 6. The molecule has 2 aliphatic rings. The Kier molecular flexibility index (Phi) is 11.1. The summed E-state index contributed by atoms with van der Waals surface area (Å²) in [7, 11) is 0. The second-order valence-corrected chi connectivity index (χ2v) is 12.7. The number of carbonyl (C=O) groups excluding carboxylic acids is 3. The van der Waals surface area contributed by atoms with E-state index < -0.39 is 59.9 Å². The Hall–Kier alpha value is -4.59. The Balaban J connectivity index is 1.48. The van der Waals surface area contributed by atoms with Gasteiger partial charge in [-0.05, 0) is 74.0 Å². The number of aryl methyl sites for hydroxylation is 1. The minimum atomic E-state index is -5.08. The summed E-state index contributed by atoms with van der Waals surface area (Å²) in [6.07, 6.45) is -10.6. The summed E-state index contributed by atoms with van der Waals surface area (Å²) in [4.78, 5) is 46.3. The molecule has 3 aromatic carbocycles. The van der Waals surface area contributed by atoms with Gasteiger partial charge < -0.3 is 20.3 Å². The van der Waals surface area contributed by atoms with E-state index in [9.17, 15) is 40.7 Å². The highest BCUT2D eigenvalue weighted by Gasteiger charge is 2.52. The molecule has 3 atom stereocenters. The van der Waals surface area contributed by atoms with Gasteiger partial charge in [-0.2, -0.15) is 26.3 Å². The molecule has 0 radical (unpaired) electrons. The van der Waals surface area contributed by atoms with Crippen molar-refractivity contribution in [1.29, 1.82) is 0 Å². The van der Waals surface area contributed by atoms with Crippen LogP contribution in [0.4, 0.5) is 31.1 Å². The van der Waals surface area contributed by atoms with Crippen molar-refractivity contribution in [3.63, 3.8) is 0 Å². The molecule has 0 aliphatic carbocycles. The van der Waals surface area contributed by atoms with E-state index in [1.165, 1.54) is 9.80 Å². The van der Waals surface area contributed by atoms with Crippen LogP contribution in [0.25, 0.3) is 0 Å². The van der Waals surface area contributed by atoms with E-state index in [2.05, 4.69) is 0 Å². The van der Waals surface area contributed by atoms with Crippen molar-refractivity contribution < 1.29 is 45.5 Å². The topological polar surface area (TPSA) is 96.2 Å². The molecule has 3 amide bonds. The third kappa shape index (κ3) is 8.58. The number of nitrogens with zero attached hydrogens (tertiary/aromatic N) is 3. The molecule has 2 heterocycles. The van der Waals surface area contributed by atoms with Crippen molar-refractivity contribution in [2.24, 2.45) is 11.7 Å². The fourth-order valence-corrected chi connectivity index (χ4v) is 6.49. The van der Waals surface area contributed by atoms with Gasteiger partial charge in [-0.3, -0.25) is 14.5 Å². The zero-order chi connectivity index (χ0) is 36.2. The lowest BCUT2D eigenvalue weighted by Gasteiger charge is -2.53. The SMILES string of the molecule is Cc1ccc(C[C@@H]2CN(C(=O)OCc3cc(C(F)(F)F)cc(C(F)(F)F)c3)[C@H]3CN(Cc4ccccc4)C(=O)[C@H](CCCCN)N3C2=O)cc1. The third-order valence-electron chi connectivity index (χ3n) is 9.01. The number of amides is 3. The second kappa shape index (κ2) is 15.1. The lowest BCUT2D eigenvalue weighted by molar-refractivity contribution is -0.173. The number of ether oxygens (including phenoxy) is 1. The van der Waals surface area contributed by atoms with Crippen LogP contribution in [-0.4, -0.2) is 64.4 Å². The van der Waals surface area contributed by atoms with Gasteiger partial charge in [0.05, 0.1) is 23.6 Å². The normalized spacial score (nSPS) is 19.8. The van der Waals surface area contributed by atoms with Crippen LogP contribution in [-0.2, 0) is 46.3 Å². The van der Waals surface area contributed by atoms with Crippen molar-refractivity contribution in [2.75, 3.05) is 19.6 Å². The third-order valence-corrected chi connectivity index (χ3v) is 9.01. The Morgan fingerprint density at radius 3 is 2.06 bits per heavy atom. The molecule has 2 saturated heterocycles. The van der Waals surface area contributed by atoms with Crippen LogP contribution in [0.5, 0.6) is 0 Å². The van der Waals surface area contributed by atoms with Gasteiger partial charge in [-0.1, -0.05) is 60.2 Å². The summed E-state index contributed by atoms with van der Waals surface area (Å²) < 4.78 is 86.4. The van der Waals surface area contributed by atoms with E-state index in [1.807, 2.05) is 61.5 Å². The number of nitrogens with two attached hydrogens (primary N) is 1. The Labute approximate surface area is 285 Å². The van der Waals surface area contributed by atoms with Crippen LogP contribution in [0.3, 0.4) is 0 Å². The van der Waals surface area contributed by atoms with E-state index >= 15 is 0 Å². The quantitative estimate of drug-likeness (QED) is 0.191. The maximum atomic E-state index is 14.2. The number of halogens is 6. The number of hydrogen-bond acceptors (Lipinski definition) is 5. The van der Waals surface area contributed by atoms with Gasteiger partial charge in [0.1, 0.15) is 18.8 Å². The number of hydrogen-bond donors (Lipinski definition) is 1. The number of rotatable bonds is 10. The minimum absolute atomic E-state index is 0.000284. The standard InChI is InChI=1S/C36H38F6N4O4/c1-23-10-12-24(13-11-23)15-27-20-45(34(49)50-22-26-16-28(35(37,38)39)18-29(17-26)36(40,41)42)31-21-44(19-25-7-3-2-4-8-25)33(48)30(9-5-6-14-43)46(31)32(27)47/h2-4,7-8,10-13,16-18,27,30-31H,5-6,9,14-15,19-22,43H2,1H3/t27-,30+,31-/m1/s1. The van der Waals surface area contributed by atoms with Gasteiger partial charge in [0.15, 0.2) is 0 Å². The molecule has 2 aliphatic heterocycles. The summed E-state index contributed by atoms with van der Waals surface area (Å²) in [5, 5.41) is 0. The fourth-order valence-electron chi connectivity index (χ4n) is 6.49. The van der Waals surface area contributed by atoms with Gasteiger partial charge >= 0.3 is 18.4 Å². The number of piperazine rings is 1. The first-order valence-corrected chi connectivity index (χ1v) is 16.3. The average Bonchev–Trinajstić information content (AvgIpc) is 3.07. The molecule has 0 unspecified atom stereocenters. The van der Waals surface area contributed by atoms with Crippen LogP contribution in [0.15, 0.2) is 72.8 Å². The summed E-state index contributed by atoms with van der Waals surface area (Å²) in [5.74, 6) is -1.45.